The fourth-order valence-electron chi connectivity index (χ4n) is 2.51. The predicted molar refractivity (Wildman–Crippen MR) is 104 cm³/mol. The smallest absolute Gasteiger partial charge is 0.330 e. The molecular formula is C22H26O4. The van der Waals surface area contributed by atoms with Crippen molar-refractivity contribution < 1.29 is 19.0 Å². The molecule has 0 aliphatic carbocycles. The number of carbonyl (C=O) groups excluding carboxylic acids is 1. The van der Waals surface area contributed by atoms with Crippen LogP contribution in [0.4, 0.5) is 0 Å². The van der Waals surface area contributed by atoms with Gasteiger partial charge in [0.15, 0.2) is 0 Å². The lowest BCUT2D eigenvalue weighted by atomic mass is 10.1. The Kier molecular flexibility index (Phi) is 7.75. The first-order valence-electron chi connectivity index (χ1n) is 8.77. The molecule has 0 fully saturated rings. The van der Waals surface area contributed by atoms with E-state index < -0.39 is 0 Å². The second kappa shape index (κ2) is 10.3. The summed E-state index contributed by atoms with van der Waals surface area (Å²) in [5.41, 5.74) is 3.35. The van der Waals surface area contributed by atoms with Gasteiger partial charge in [-0.05, 0) is 73.7 Å². The molecule has 26 heavy (non-hydrogen) atoms. The highest BCUT2D eigenvalue weighted by atomic mass is 16.5. The van der Waals surface area contributed by atoms with Crippen molar-refractivity contribution in [2.45, 2.75) is 26.7 Å². The summed E-state index contributed by atoms with van der Waals surface area (Å²) in [6, 6.07) is 13.8. The van der Waals surface area contributed by atoms with Gasteiger partial charge >= 0.3 is 5.97 Å². The maximum Gasteiger partial charge on any atom is 0.330 e. The van der Waals surface area contributed by atoms with E-state index in [1.54, 1.807) is 6.08 Å². The molecule has 4 nitrogen and oxygen atoms in total. The van der Waals surface area contributed by atoms with Crippen LogP contribution in [-0.4, -0.2) is 26.3 Å². The molecule has 0 unspecified atom stereocenters. The quantitative estimate of drug-likeness (QED) is 0.371. The van der Waals surface area contributed by atoms with Crippen LogP contribution >= 0.6 is 0 Å². The van der Waals surface area contributed by atoms with Gasteiger partial charge in [-0.2, -0.15) is 0 Å². The number of carbonyl (C=O) groups is 1. The number of ether oxygens (including phenoxy) is 3. The van der Waals surface area contributed by atoms with Gasteiger partial charge < -0.3 is 14.2 Å². The maximum atomic E-state index is 11.1. The van der Waals surface area contributed by atoms with Crippen LogP contribution in [-0.2, 0) is 9.53 Å². The third kappa shape index (κ3) is 7.01. The summed E-state index contributed by atoms with van der Waals surface area (Å²) in [6.45, 7) is 5.48. The van der Waals surface area contributed by atoms with Crippen molar-refractivity contribution >= 4 is 12.0 Å². The standard InChI is InChI=1S/C22H26O4/c1-17-14-18(2)16-21(15-17)26-13-5-4-12-25-20-9-6-19(7-10-20)8-11-22(23)24-3/h6-11,14-16H,4-5,12-13H2,1-3H3/b11-8+. The molecule has 4 heteroatoms. The number of unbranched alkanes of at least 4 members (excludes halogenated alkanes) is 1. The summed E-state index contributed by atoms with van der Waals surface area (Å²) in [4.78, 5) is 11.1. The average Bonchev–Trinajstić information content (AvgIpc) is 2.62. The van der Waals surface area contributed by atoms with E-state index in [2.05, 4.69) is 36.8 Å². The van der Waals surface area contributed by atoms with Gasteiger partial charge in [-0.25, -0.2) is 4.79 Å². The van der Waals surface area contributed by atoms with E-state index in [-0.39, 0.29) is 5.97 Å². The molecule has 2 aromatic rings. The number of rotatable bonds is 9. The van der Waals surface area contributed by atoms with Crippen LogP contribution in [0.5, 0.6) is 11.5 Å². The van der Waals surface area contributed by atoms with Crippen molar-refractivity contribution in [1.82, 2.24) is 0 Å². The molecule has 0 aliphatic heterocycles. The van der Waals surface area contributed by atoms with Crippen molar-refractivity contribution in [2.75, 3.05) is 20.3 Å². The largest absolute Gasteiger partial charge is 0.494 e. The molecule has 2 aromatic carbocycles. The summed E-state index contributed by atoms with van der Waals surface area (Å²) >= 11 is 0. The predicted octanol–water partition coefficient (Wildman–Crippen LogP) is 4.73. The number of benzene rings is 2. The summed E-state index contributed by atoms with van der Waals surface area (Å²) in [5, 5.41) is 0. The summed E-state index contributed by atoms with van der Waals surface area (Å²) < 4.78 is 16.1. The van der Waals surface area contributed by atoms with Gasteiger partial charge in [-0.3, -0.25) is 0 Å². The lowest BCUT2D eigenvalue weighted by molar-refractivity contribution is -0.134. The Morgan fingerprint density at radius 3 is 2.04 bits per heavy atom. The monoisotopic (exact) mass is 354 g/mol. The molecular weight excluding hydrogens is 328 g/mol. The topological polar surface area (TPSA) is 44.8 Å². The van der Waals surface area contributed by atoms with Gasteiger partial charge in [-0.1, -0.05) is 18.2 Å². The first-order chi connectivity index (χ1) is 12.6. The number of esters is 1. The van der Waals surface area contributed by atoms with E-state index in [1.165, 1.54) is 24.3 Å². The van der Waals surface area contributed by atoms with Gasteiger partial charge in [0, 0.05) is 6.08 Å². The summed E-state index contributed by atoms with van der Waals surface area (Å²) in [5.74, 6) is 1.38. The Hall–Kier alpha value is -2.75. The highest BCUT2D eigenvalue weighted by molar-refractivity contribution is 5.86. The molecule has 0 aliphatic rings. The third-order valence-corrected chi connectivity index (χ3v) is 3.76. The molecule has 2 rings (SSSR count). The molecule has 0 spiro atoms. The van der Waals surface area contributed by atoms with Gasteiger partial charge in [0.2, 0.25) is 0 Å². The zero-order valence-electron chi connectivity index (χ0n) is 15.7. The molecule has 0 radical (unpaired) electrons. The van der Waals surface area contributed by atoms with Crippen molar-refractivity contribution in [3.05, 3.63) is 65.2 Å². The molecule has 138 valence electrons. The molecule has 0 atom stereocenters. The van der Waals surface area contributed by atoms with Crippen LogP contribution in [0.1, 0.15) is 29.5 Å². The highest BCUT2D eigenvalue weighted by Crippen LogP contribution is 2.17. The van der Waals surface area contributed by atoms with Crippen molar-refractivity contribution in [3.63, 3.8) is 0 Å². The fourth-order valence-corrected chi connectivity index (χ4v) is 2.51. The van der Waals surface area contributed by atoms with Gasteiger partial charge in [0.05, 0.1) is 20.3 Å². The molecule has 0 saturated carbocycles. The van der Waals surface area contributed by atoms with E-state index in [4.69, 9.17) is 9.47 Å². The lowest BCUT2D eigenvalue weighted by Crippen LogP contribution is -2.02. The minimum atomic E-state index is -0.367. The fraction of sp³-hybridized carbons (Fsp3) is 0.318. The van der Waals surface area contributed by atoms with Crippen molar-refractivity contribution in [1.29, 1.82) is 0 Å². The van der Waals surface area contributed by atoms with Crippen LogP contribution in [0.2, 0.25) is 0 Å². The highest BCUT2D eigenvalue weighted by Gasteiger charge is 1.98. The van der Waals surface area contributed by atoms with Crippen LogP contribution in [0.25, 0.3) is 6.08 Å². The second-order valence-corrected chi connectivity index (χ2v) is 6.15. The number of hydrogen-bond donors (Lipinski definition) is 0. The van der Waals surface area contributed by atoms with Crippen LogP contribution in [0, 0.1) is 13.8 Å². The van der Waals surface area contributed by atoms with E-state index in [0.29, 0.717) is 13.2 Å². The van der Waals surface area contributed by atoms with Gasteiger partial charge in [0.1, 0.15) is 11.5 Å². The third-order valence-electron chi connectivity index (χ3n) is 3.76. The second-order valence-electron chi connectivity index (χ2n) is 6.15. The minimum absolute atomic E-state index is 0.367. The minimum Gasteiger partial charge on any atom is -0.494 e. The van der Waals surface area contributed by atoms with Gasteiger partial charge in [0.25, 0.3) is 0 Å². The molecule has 0 N–H and O–H groups in total. The Balaban J connectivity index is 1.65. The Bertz CT molecular complexity index is 712. The van der Waals surface area contributed by atoms with E-state index in [9.17, 15) is 4.79 Å². The Morgan fingerprint density at radius 1 is 0.885 bits per heavy atom. The van der Waals surface area contributed by atoms with Crippen molar-refractivity contribution in [3.8, 4) is 11.5 Å². The zero-order chi connectivity index (χ0) is 18.8. The first kappa shape index (κ1) is 19.6. The Morgan fingerprint density at radius 2 is 1.46 bits per heavy atom. The van der Waals surface area contributed by atoms with Crippen LogP contribution < -0.4 is 9.47 Å². The normalized spacial score (nSPS) is 10.7. The zero-order valence-corrected chi connectivity index (χ0v) is 15.7. The summed E-state index contributed by atoms with van der Waals surface area (Å²) in [7, 11) is 1.36. The van der Waals surface area contributed by atoms with E-state index >= 15 is 0 Å². The van der Waals surface area contributed by atoms with Crippen LogP contribution in [0.3, 0.4) is 0 Å². The first-order valence-corrected chi connectivity index (χ1v) is 8.77. The van der Waals surface area contributed by atoms with Crippen LogP contribution in [0.15, 0.2) is 48.5 Å². The maximum absolute atomic E-state index is 11.1. The number of hydrogen-bond acceptors (Lipinski definition) is 4. The number of aryl methyl sites for hydroxylation is 2. The molecule has 0 saturated heterocycles. The van der Waals surface area contributed by atoms with E-state index in [0.717, 1.165) is 29.9 Å². The average molecular weight is 354 g/mol. The SMILES string of the molecule is COC(=O)/C=C/c1ccc(OCCCCOc2cc(C)cc(C)c2)cc1. The van der Waals surface area contributed by atoms with Crippen molar-refractivity contribution in [2.24, 2.45) is 0 Å². The lowest BCUT2D eigenvalue weighted by Gasteiger charge is -2.09. The molecule has 0 amide bonds. The Labute approximate surface area is 155 Å². The molecule has 0 heterocycles. The van der Waals surface area contributed by atoms with Gasteiger partial charge in [-0.15, -0.1) is 0 Å². The molecule has 0 bridgehead atoms. The van der Waals surface area contributed by atoms with E-state index in [1.807, 2.05) is 24.3 Å². The number of methoxy groups -OCH3 is 1. The summed E-state index contributed by atoms with van der Waals surface area (Å²) in [6.07, 6.45) is 4.97. The molecule has 0 aromatic heterocycles.